The summed E-state index contributed by atoms with van der Waals surface area (Å²) in [6.07, 6.45) is 0.00670. The van der Waals surface area contributed by atoms with Crippen LogP contribution in [0.4, 0.5) is 4.79 Å². The largest absolute Gasteiger partial charge is 0.493 e. The Kier molecular flexibility index (Phi) is 7.45. The second-order valence-electron chi connectivity index (χ2n) is 4.88. The van der Waals surface area contributed by atoms with Crippen molar-refractivity contribution >= 4 is 29.2 Å². The molecule has 8 heteroatoms. The van der Waals surface area contributed by atoms with Gasteiger partial charge in [0.15, 0.2) is 6.61 Å². The maximum absolute atomic E-state index is 11.5. The van der Waals surface area contributed by atoms with Crippen LogP contribution in [0.3, 0.4) is 0 Å². The van der Waals surface area contributed by atoms with E-state index in [1.165, 1.54) is 11.3 Å². The zero-order chi connectivity index (χ0) is 17.9. The zero-order valence-corrected chi connectivity index (χ0v) is 14.2. The molecule has 0 aliphatic carbocycles. The molecule has 0 aliphatic heterocycles. The molecule has 132 valence electrons. The standard InChI is InChI=1S/C17H18N2O5S/c20-15(19-17(22)18-11-14-7-4-10-25-14)12-24-16(21)8-9-23-13-5-2-1-3-6-13/h1-7,10H,8-9,11-12H2,(H2,18,19,20,22). The van der Waals surface area contributed by atoms with Gasteiger partial charge in [0, 0.05) is 4.88 Å². The number of carbonyl (C=O) groups excluding carboxylic acids is 3. The molecule has 1 heterocycles. The molecule has 1 aromatic heterocycles. The predicted octanol–water partition coefficient (Wildman–Crippen LogP) is 2.09. The van der Waals surface area contributed by atoms with Crippen molar-refractivity contribution in [2.45, 2.75) is 13.0 Å². The number of carbonyl (C=O) groups is 3. The normalized spacial score (nSPS) is 9.92. The van der Waals surface area contributed by atoms with Crippen molar-refractivity contribution in [3.8, 4) is 5.75 Å². The lowest BCUT2D eigenvalue weighted by Crippen LogP contribution is -2.41. The van der Waals surface area contributed by atoms with Crippen LogP contribution >= 0.6 is 11.3 Å². The maximum Gasteiger partial charge on any atom is 0.321 e. The number of hydrogen-bond acceptors (Lipinski definition) is 6. The Morgan fingerprint density at radius 1 is 1.04 bits per heavy atom. The first kappa shape index (κ1) is 18.5. The van der Waals surface area contributed by atoms with E-state index in [9.17, 15) is 14.4 Å². The van der Waals surface area contributed by atoms with Crippen LogP contribution in [0.5, 0.6) is 5.75 Å². The molecule has 0 fully saturated rings. The van der Waals surface area contributed by atoms with Gasteiger partial charge in [-0.1, -0.05) is 24.3 Å². The first-order valence-corrected chi connectivity index (χ1v) is 8.45. The van der Waals surface area contributed by atoms with E-state index in [1.54, 1.807) is 12.1 Å². The average molecular weight is 362 g/mol. The molecule has 0 saturated carbocycles. The Morgan fingerprint density at radius 3 is 2.56 bits per heavy atom. The van der Waals surface area contributed by atoms with Crippen LogP contribution in [0.15, 0.2) is 47.8 Å². The number of nitrogens with one attached hydrogen (secondary N) is 2. The first-order chi connectivity index (χ1) is 12.1. The van der Waals surface area contributed by atoms with Crippen LogP contribution < -0.4 is 15.4 Å². The van der Waals surface area contributed by atoms with Gasteiger partial charge in [0.1, 0.15) is 5.75 Å². The summed E-state index contributed by atoms with van der Waals surface area (Å²) < 4.78 is 10.1. The number of urea groups is 1. The third-order valence-corrected chi connectivity index (χ3v) is 3.81. The molecule has 7 nitrogen and oxygen atoms in total. The van der Waals surface area contributed by atoms with Crippen LogP contribution in [-0.4, -0.2) is 31.1 Å². The molecular formula is C17H18N2O5S. The summed E-state index contributed by atoms with van der Waals surface area (Å²) in [5.74, 6) is -0.624. The zero-order valence-electron chi connectivity index (χ0n) is 13.4. The summed E-state index contributed by atoms with van der Waals surface area (Å²) in [5, 5.41) is 6.51. The molecule has 25 heavy (non-hydrogen) atoms. The number of thiophene rings is 1. The molecule has 0 spiro atoms. The van der Waals surface area contributed by atoms with Crippen molar-refractivity contribution in [1.82, 2.24) is 10.6 Å². The van der Waals surface area contributed by atoms with Crippen LogP contribution in [0.25, 0.3) is 0 Å². The molecule has 3 amide bonds. The van der Waals surface area contributed by atoms with E-state index >= 15 is 0 Å². The minimum Gasteiger partial charge on any atom is -0.493 e. The number of amides is 3. The number of rotatable bonds is 8. The highest BCUT2D eigenvalue weighted by Gasteiger charge is 2.11. The quantitative estimate of drug-likeness (QED) is 0.701. The highest BCUT2D eigenvalue weighted by Crippen LogP contribution is 2.08. The van der Waals surface area contributed by atoms with E-state index in [1.807, 2.05) is 35.7 Å². The Morgan fingerprint density at radius 2 is 1.84 bits per heavy atom. The Hall–Kier alpha value is -2.87. The molecule has 0 saturated heterocycles. The number of esters is 1. The summed E-state index contributed by atoms with van der Waals surface area (Å²) in [6, 6.07) is 12.1. The van der Waals surface area contributed by atoms with Gasteiger partial charge in [0.2, 0.25) is 0 Å². The van der Waals surface area contributed by atoms with Gasteiger partial charge in [-0.15, -0.1) is 11.3 Å². The highest BCUT2D eigenvalue weighted by atomic mass is 32.1. The molecular weight excluding hydrogens is 344 g/mol. The van der Waals surface area contributed by atoms with Crippen LogP contribution in [-0.2, 0) is 20.9 Å². The summed E-state index contributed by atoms with van der Waals surface area (Å²) in [6.45, 7) is -0.0459. The summed E-state index contributed by atoms with van der Waals surface area (Å²) in [7, 11) is 0. The number of hydrogen-bond donors (Lipinski definition) is 2. The SMILES string of the molecule is O=C(COC(=O)CCOc1ccccc1)NC(=O)NCc1cccs1. The molecule has 2 N–H and O–H groups in total. The van der Waals surface area contributed by atoms with Gasteiger partial charge >= 0.3 is 12.0 Å². The van der Waals surface area contributed by atoms with Crippen molar-refractivity contribution in [3.63, 3.8) is 0 Å². The number of ether oxygens (including phenoxy) is 2. The lowest BCUT2D eigenvalue weighted by Gasteiger charge is -2.08. The lowest BCUT2D eigenvalue weighted by molar-refractivity contribution is -0.148. The fourth-order valence-electron chi connectivity index (χ4n) is 1.77. The lowest BCUT2D eigenvalue weighted by atomic mass is 10.3. The van der Waals surface area contributed by atoms with Gasteiger partial charge in [0.05, 0.1) is 19.6 Å². The van der Waals surface area contributed by atoms with E-state index in [2.05, 4.69) is 10.6 Å². The van der Waals surface area contributed by atoms with Crippen molar-refractivity contribution in [2.75, 3.05) is 13.2 Å². The number of benzene rings is 1. The molecule has 2 rings (SSSR count). The van der Waals surface area contributed by atoms with Gasteiger partial charge in [-0.3, -0.25) is 14.9 Å². The predicted molar refractivity (Wildman–Crippen MR) is 92.2 cm³/mol. The molecule has 2 aromatic rings. The van der Waals surface area contributed by atoms with E-state index in [0.29, 0.717) is 12.3 Å². The van der Waals surface area contributed by atoms with Crippen molar-refractivity contribution < 1.29 is 23.9 Å². The minimum absolute atomic E-state index is 0.00670. The second kappa shape index (κ2) is 10.1. The Balaban J connectivity index is 1.55. The maximum atomic E-state index is 11.5. The molecule has 1 aromatic carbocycles. The Labute approximate surface area is 148 Å². The molecule has 0 unspecified atom stereocenters. The van der Waals surface area contributed by atoms with Crippen LogP contribution in [0.1, 0.15) is 11.3 Å². The third kappa shape index (κ3) is 7.49. The van der Waals surface area contributed by atoms with Crippen molar-refractivity contribution in [3.05, 3.63) is 52.7 Å². The molecule has 0 atom stereocenters. The number of para-hydroxylation sites is 1. The van der Waals surface area contributed by atoms with Crippen LogP contribution in [0, 0.1) is 0 Å². The summed E-state index contributed by atoms with van der Waals surface area (Å²) in [5.41, 5.74) is 0. The van der Waals surface area contributed by atoms with Gasteiger partial charge in [-0.05, 0) is 23.6 Å². The van der Waals surface area contributed by atoms with Gasteiger partial charge in [0.25, 0.3) is 5.91 Å². The number of imide groups is 1. The van der Waals surface area contributed by atoms with Crippen molar-refractivity contribution in [2.24, 2.45) is 0 Å². The highest BCUT2D eigenvalue weighted by molar-refractivity contribution is 7.09. The molecule has 0 aliphatic rings. The monoisotopic (exact) mass is 362 g/mol. The van der Waals surface area contributed by atoms with E-state index in [-0.39, 0.29) is 13.0 Å². The fraction of sp³-hybridized carbons (Fsp3) is 0.235. The van der Waals surface area contributed by atoms with E-state index in [4.69, 9.17) is 9.47 Å². The Bertz CT molecular complexity index is 688. The van der Waals surface area contributed by atoms with Gasteiger partial charge < -0.3 is 14.8 Å². The third-order valence-electron chi connectivity index (χ3n) is 2.94. The van der Waals surface area contributed by atoms with E-state index < -0.39 is 24.5 Å². The first-order valence-electron chi connectivity index (χ1n) is 7.57. The summed E-state index contributed by atoms with van der Waals surface area (Å²) in [4.78, 5) is 35.5. The molecule has 0 bridgehead atoms. The van der Waals surface area contributed by atoms with E-state index in [0.717, 1.165) is 4.88 Å². The summed E-state index contributed by atoms with van der Waals surface area (Å²) >= 11 is 1.50. The molecule has 0 radical (unpaired) electrons. The second-order valence-corrected chi connectivity index (χ2v) is 5.91. The van der Waals surface area contributed by atoms with Crippen molar-refractivity contribution in [1.29, 1.82) is 0 Å². The average Bonchev–Trinajstić information content (AvgIpc) is 3.13. The fourth-order valence-corrected chi connectivity index (χ4v) is 2.42. The smallest absolute Gasteiger partial charge is 0.321 e. The van der Waals surface area contributed by atoms with Gasteiger partial charge in [-0.2, -0.15) is 0 Å². The topological polar surface area (TPSA) is 93.7 Å². The van der Waals surface area contributed by atoms with Crippen LogP contribution in [0.2, 0.25) is 0 Å². The van der Waals surface area contributed by atoms with Gasteiger partial charge in [-0.25, -0.2) is 4.79 Å². The minimum atomic E-state index is -0.694.